The van der Waals surface area contributed by atoms with Crippen LogP contribution in [0.2, 0.25) is 0 Å². The summed E-state index contributed by atoms with van der Waals surface area (Å²) in [5.74, 6) is -0.257. The van der Waals surface area contributed by atoms with E-state index >= 15 is 0 Å². The van der Waals surface area contributed by atoms with Crippen molar-refractivity contribution in [3.63, 3.8) is 0 Å². The molecule has 170 valence electrons. The van der Waals surface area contributed by atoms with Crippen molar-refractivity contribution in [1.82, 2.24) is 0 Å². The van der Waals surface area contributed by atoms with E-state index in [9.17, 15) is 24.8 Å². The maximum atomic E-state index is 13.2. The number of hydrogen-bond donors (Lipinski definition) is 4. The molecule has 3 aromatic rings. The van der Waals surface area contributed by atoms with Crippen LogP contribution in [0, 0.1) is 12.7 Å². The van der Waals surface area contributed by atoms with Crippen molar-refractivity contribution >= 4 is 11.3 Å². The van der Waals surface area contributed by atoms with E-state index in [1.807, 2.05) is 31.2 Å². The van der Waals surface area contributed by atoms with E-state index in [0.717, 1.165) is 32.0 Å². The number of hydrogen-bond acceptors (Lipinski definition) is 6. The van der Waals surface area contributed by atoms with Crippen LogP contribution in [0.1, 0.15) is 34.1 Å². The first-order valence-electron chi connectivity index (χ1n) is 10.5. The SMILES string of the molecule is Cc1ccc([C@H]2C[C@@H](O)[C@H](O)C(CO)(CO)O2)cc1Cc1ccc(-c2ccc(F)cc2)s1. The van der Waals surface area contributed by atoms with E-state index in [1.54, 1.807) is 23.5 Å². The third-order valence-electron chi connectivity index (χ3n) is 6.17. The summed E-state index contributed by atoms with van der Waals surface area (Å²) in [4.78, 5) is 2.22. The van der Waals surface area contributed by atoms with Gasteiger partial charge in [0.2, 0.25) is 0 Å². The summed E-state index contributed by atoms with van der Waals surface area (Å²) in [7, 11) is 0. The van der Waals surface area contributed by atoms with Gasteiger partial charge in [-0.05, 0) is 53.4 Å². The molecular formula is C25H27FO5S. The Bertz CT molecular complexity index is 1060. The molecule has 0 amide bonds. The Morgan fingerprint density at radius 1 is 1.03 bits per heavy atom. The minimum Gasteiger partial charge on any atom is -0.393 e. The normalized spacial score (nSPS) is 22.8. The molecule has 1 saturated heterocycles. The Balaban J connectivity index is 1.56. The molecule has 1 aromatic heterocycles. The lowest BCUT2D eigenvalue weighted by Gasteiger charge is -2.45. The number of aliphatic hydroxyl groups is 4. The van der Waals surface area contributed by atoms with Gasteiger partial charge in [-0.2, -0.15) is 0 Å². The van der Waals surface area contributed by atoms with Gasteiger partial charge >= 0.3 is 0 Å². The highest BCUT2D eigenvalue weighted by atomic mass is 32.1. The summed E-state index contributed by atoms with van der Waals surface area (Å²) in [6.07, 6.45) is -2.18. The predicted octanol–water partition coefficient (Wildman–Crippen LogP) is 3.36. The molecule has 0 radical (unpaired) electrons. The van der Waals surface area contributed by atoms with Gasteiger partial charge in [0.1, 0.15) is 17.5 Å². The Kier molecular flexibility index (Phi) is 6.76. The van der Waals surface area contributed by atoms with Crippen molar-refractivity contribution < 1.29 is 29.6 Å². The van der Waals surface area contributed by atoms with Gasteiger partial charge in [0, 0.05) is 22.6 Å². The molecule has 7 heteroatoms. The third-order valence-corrected chi connectivity index (χ3v) is 7.31. The quantitative estimate of drug-likeness (QED) is 0.455. The monoisotopic (exact) mass is 458 g/mol. The Morgan fingerprint density at radius 3 is 2.44 bits per heavy atom. The summed E-state index contributed by atoms with van der Waals surface area (Å²) in [6.45, 7) is 0.830. The molecule has 4 N–H and O–H groups in total. The number of aryl methyl sites for hydroxylation is 1. The first-order valence-corrected chi connectivity index (χ1v) is 11.4. The Hall–Kier alpha value is -2.13. The zero-order chi connectivity index (χ0) is 22.9. The fourth-order valence-electron chi connectivity index (χ4n) is 4.13. The second-order valence-electron chi connectivity index (χ2n) is 8.37. The van der Waals surface area contributed by atoms with Crippen LogP contribution in [-0.2, 0) is 11.2 Å². The predicted molar refractivity (Wildman–Crippen MR) is 121 cm³/mol. The summed E-state index contributed by atoms with van der Waals surface area (Å²) in [6, 6.07) is 16.5. The lowest BCUT2D eigenvalue weighted by molar-refractivity contribution is -0.254. The molecule has 0 saturated carbocycles. The molecule has 3 atom stereocenters. The van der Waals surface area contributed by atoms with Gasteiger partial charge < -0.3 is 25.2 Å². The summed E-state index contributed by atoms with van der Waals surface area (Å²) < 4.78 is 19.1. The number of ether oxygens (including phenoxy) is 1. The molecule has 0 aliphatic carbocycles. The largest absolute Gasteiger partial charge is 0.393 e. The number of aliphatic hydroxyl groups excluding tert-OH is 4. The van der Waals surface area contributed by atoms with Crippen LogP contribution in [0.15, 0.2) is 54.6 Å². The zero-order valence-corrected chi connectivity index (χ0v) is 18.6. The maximum absolute atomic E-state index is 13.2. The standard InChI is InChI=1S/C25H27FO5S/c1-15-2-3-17(22-12-21(29)24(30)25(13-27,14-28)31-22)10-18(15)11-20-8-9-23(32-20)16-4-6-19(26)7-5-16/h2-10,21-22,24,27-30H,11-14H2,1H3/t21-,22-,24+/m1/s1. The highest BCUT2D eigenvalue weighted by molar-refractivity contribution is 7.15. The fourth-order valence-corrected chi connectivity index (χ4v) is 5.16. The van der Waals surface area contributed by atoms with E-state index in [4.69, 9.17) is 4.74 Å². The lowest BCUT2D eigenvalue weighted by Crippen LogP contribution is -2.60. The van der Waals surface area contributed by atoms with Crippen molar-refractivity contribution in [1.29, 1.82) is 0 Å². The number of thiophene rings is 1. The first kappa shape index (κ1) is 23.0. The summed E-state index contributed by atoms with van der Waals surface area (Å²) in [5.41, 5.74) is 2.39. The van der Waals surface area contributed by atoms with Crippen LogP contribution < -0.4 is 0 Å². The summed E-state index contributed by atoms with van der Waals surface area (Å²) >= 11 is 1.65. The zero-order valence-electron chi connectivity index (χ0n) is 17.7. The highest BCUT2D eigenvalue weighted by Crippen LogP contribution is 2.38. The van der Waals surface area contributed by atoms with Crippen LogP contribution in [0.3, 0.4) is 0 Å². The molecule has 32 heavy (non-hydrogen) atoms. The molecule has 0 bridgehead atoms. The van der Waals surface area contributed by atoms with Crippen LogP contribution >= 0.6 is 11.3 Å². The van der Waals surface area contributed by atoms with Gasteiger partial charge in [-0.25, -0.2) is 4.39 Å². The molecular weight excluding hydrogens is 431 g/mol. The van der Waals surface area contributed by atoms with Gasteiger partial charge in [-0.3, -0.25) is 0 Å². The van der Waals surface area contributed by atoms with E-state index in [-0.39, 0.29) is 12.2 Å². The average molecular weight is 459 g/mol. The van der Waals surface area contributed by atoms with Gasteiger partial charge in [-0.15, -0.1) is 11.3 Å². The van der Waals surface area contributed by atoms with Crippen LogP contribution in [0.25, 0.3) is 10.4 Å². The van der Waals surface area contributed by atoms with Gasteiger partial charge in [0.15, 0.2) is 0 Å². The second kappa shape index (κ2) is 9.39. The van der Waals surface area contributed by atoms with Gasteiger partial charge in [-0.1, -0.05) is 30.3 Å². The molecule has 2 aromatic carbocycles. The molecule has 2 heterocycles. The molecule has 5 nitrogen and oxygen atoms in total. The molecule has 0 spiro atoms. The lowest BCUT2D eigenvalue weighted by atomic mass is 9.85. The maximum Gasteiger partial charge on any atom is 0.143 e. The van der Waals surface area contributed by atoms with Gasteiger partial charge in [0.25, 0.3) is 0 Å². The third kappa shape index (κ3) is 4.50. The van der Waals surface area contributed by atoms with E-state index in [0.29, 0.717) is 6.42 Å². The summed E-state index contributed by atoms with van der Waals surface area (Å²) in [5, 5.41) is 40.0. The van der Waals surface area contributed by atoms with Gasteiger partial charge in [0.05, 0.1) is 25.4 Å². The van der Waals surface area contributed by atoms with E-state index in [1.165, 1.54) is 12.1 Å². The van der Waals surface area contributed by atoms with Crippen LogP contribution in [0.5, 0.6) is 0 Å². The highest BCUT2D eigenvalue weighted by Gasteiger charge is 2.49. The molecule has 1 aliphatic rings. The first-order chi connectivity index (χ1) is 15.3. The smallest absolute Gasteiger partial charge is 0.143 e. The van der Waals surface area contributed by atoms with Crippen molar-refractivity contribution in [3.8, 4) is 10.4 Å². The molecule has 1 aliphatic heterocycles. The fraction of sp³-hybridized carbons (Fsp3) is 0.360. The van der Waals surface area contributed by atoms with E-state index < -0.39 is 37.1 Å². The van der Waals surface area contributed by atoms with Crippen molar-refractivity contribution in [2.45, 2.75) is 43.7 Å². The second-order valence-corrected chi connectivity index (χ2v) is 9.54. The van der Waals surface area contributed by atoms with Crippen molar-refractivity contribution in [3.05, 3.63) is 82.0 Å². The number of rotatable bonds is 6. The van der Waals surface area contributed by atoms with Crippen molar-refractivity contribution in [2.75, 3.05) is 13.2 Å². The Labute approximate surface area is 190 Å². The van der Waals surface area contributed by atoms with E-state index in [2.05, 4.69) is 6.07 Å². The Morgan fingerprint density at radius 2 is 1.75 bits per heavy atom. The van der Waals surface area contributed by atoms with Crippen LogP contribution in [0.4, 0.5) is 4.39 Å². The van der Waals surface area contributed by atoms with Crippen molar-refractivity contribution in [2.24, 2.45) is 0 Å². The topological polar surface area (TPSA) is 90.2 Å². The number of halogens is 1. The van der Waals surface area contributed by atoms with Crippen LogP contribution in [-0.4, -0.2) is 51.4 Å². The molecule has 1 fully saturated rings. The molecule has 0 unspecified atom stereocenters. The minimum atomic E-state index is -1.61. The average Bonchev–Trinajstić information content (AvgIpc) is 3.26. The minimum absolute atomic E-state index is 0.166. The number of benzene rings is 2. The molecule has 4 rings (SSSR count).